The smallest absolute Gasteiger partial charge is 0.336 e. The van der Waals surface area contributed by atoms with Crippen LogP contribution in [-0.2, 0) is 6.18 Å². The summed E-state index contributed by atoms with van der Waals surface area (Å²) in [6, 6.07) is 4.07. The minimum atomic E-state index is -4.41. The van der Waals surface area contributed by atoms with Gasteiger partial charge in [-0.2, -0.15) is 13.2 Å². The molecule has 1 rings (SSSR count). The summed E-state index contributed by atoms with van der Waals surface area (Å²) in [5.41, 5.74) is -0.603. The lowest BCUT2D eigenvalue weighted by Gasteiger charge is -2.20. The average molecular weight is 314 g/mol. The van der Waals surface area contributed by atoms with Crippen molar-refractivity contribution in [3.05, 3.63) is 35.4 Å². The Morgan fingerprint density at radius 3 is 1.89 bits per heavy atom. The zero-order valence-corrected chi connectivity index (χ0v) is 11.4. The highest BCUT2D eigenvalue weighted by molar-refractivity contribution is 6.18. The molecule has 7 heteroatoms. The van der Waals surface area contributed by atoms with Crippen LogP contribution in [-0.4, -0.2) is 35.7 Å². The zero-order valence-electron chi connectivity index (χ0n) is 9.88. The lowest BCUT2D eigenvalue weighted by molar-refractivity contribution is -0.137. The van der Waals surface area contributed by atoms with Crippen molar-refractivity contribution < 1.29 is 18.0 Å². The SMILES string of the molecule is O=C(c1ccc(C(F)(F)F)cc1)N(CCCl)CCCl. The Morgan fingerprint density at radius 2 is 1.53 bits per heavy atom. The summed E-state index contributed by atoms with van der Waals surface area (Å²) in [6.07, 6.45) is -4.41. The summed E-state index contributed by atoms with van der Waals surface area (Å²) in [4.78, 5) is 13.4. The van der Waals surface area contributed by atoms with Crippen molar-refractivity contribution in [1.82, 2.24) is 4.90 Å². The molecule has 19 heavy (non-hydrogen) atoms. The van der Waals surface area contributed by atoms with Gasteiger partial charge in [0.1, 0.15) is 0 Å². The second-order valence-corrected chi connectivity index (χ2v) is 4.50. The van der Waals surface area contributed by atoms with Crippen molar-refractivity contribution >= 4 is 29.1 Å². The molecule has 0 fully saturated rings. The summed E-state index contributed by atoms with van der Waals surface area (Å²) >= 11 is 11.1. The highest BCUT2D eigenvalue weighted by Gasteiger charge is 2.30. The second-order valence-electron chi connectivity index (χ2n) is 3.75. The van der Waals surface area contributed by atoms with Gasteiger partial charge in [0.2, 0.25) is 0 Å². The number of benzene rings is 1. The third-order valence-electron chi connectivity index (χ3n) is 2.46. The molecule has 106 valence electrons. The Balaban J connectivity index is 2.87. The highest BCUT2D eigenvalue weighted by atomic mass is 35.5. The van der Waals surface area contributed by atoms with Crippen molar-refractivity contribution in [1.29, 1.82) is 0 Å². The lowest BCUT2D eigenvalue weighted by atomic mass is 10.1. The van der Waals surface area contributed by atoms with Crippen molar-refractivity contribution in [2.45, 2.75) is 6.18 Å². The molecule has 1 amide bonds. The van der Waals surface area contributed by atoms with Crippen LogP contribution in [0.25, 0.3) is 0 Å². The van der Waals surface area contributed by atoms with E-state index in [1.54, 1.807) is 0 Å². The van der Waals surface area contributed by atoms with E-state index in [1.165, 1.54) is 4.90 Å². The summed E-state index contributed by atoms with van der Waals surface area (Å²) < 4.78 is 37.2. The number of amides is 1. The number of halogens is 5. The van der Waals surface area contributed by atoms with Gasteiger partial charge in [0, 0.05) is 30.4 Å². The minimum absolute atomic E-state index is 0.184. The fourth-order valence-electron chi connectivity index (χ4n) is 1.50. The van der Waals surface area contributed by atoms with E-state index in [0.29, 0.717) is 13.1 Å². The van der Waals surface area contributed by atoms with Gasteiger partial charge in [-0.25, -0.2) is 0 Å². The van der Waals surface area contributed by atoms with E-state index in [9.17, 15) is 18.0 Å². The standard InChI is InChI=1S/C12H12Cl2F3NO/c13-5-7-18(8-6-14)11(19)9-1-3-10(4-2-9)12(15,16)17/h1-4H,5-8H2. The molecule has 0 saturated carbocycles. The molecule has 0 N–H and O–H groups in total. The van der Waals surface area contributed by atoms with Gasteiger partial charge in [-0.3, -0.25) is 4.79 Å². The molecule has 2 nitrogen and oxygen atoms in total. The molecule has 1 aromatic rings. The summed E-state index contributed by atoms with van der Waals surface area (Å²) in [6.45, 7) is 0.599. The van der Waals surface area contributed by atoms with Crippen LogP contribution in [0, 0.1) is 0 Å². The van der Waals surface area contributed by atoms with Gasteiger partial charge < -0.3 is 4.90 Å². The Hall–Kier alpha value is -0.940. The van der Waals surface area contributed by atoms with E-state index in [2.05, 4.69) is 0 Å². The molecule has 0 spiro atoms. The molecule has 0 radical (unpaired) electrons. The summed E-state index contributed by atoms with van der Waals surface area (Å²) in [7, 11) is 0. The number of hydrogen-bond acceptors (Lipinski definition) is 1. The Morgan fingerprint density at radius 1 is 1.05 bits per heavy atom. The largest absolute Gasteiger partial charge is 0.416 e. The molecule has 0 unspecified atom stereocenters. The molecule has 0 aliphatic heterocycles. The van der Waals surface area contributed by atoms with E-state index in [4.69, 9.17) is 23.2 Å². The van der Waals surface area contributed by atoms with E-state index in [0.717, 1.165) is 24.3 Å². The molecule has 0 heterocycles. The number of carbonyl (C=O) groups excluding carboxylic acids is 1. The first-order chi connectivity index (χ1) is 8.90. The summed E-state index contributed by atoms with van der Waals surface area (Å²) in [5.74, 6) is 0.0991. The van der Waals surface area contributed by atoms with E-state index in [-0.39, 0.29) is 23.2 Å². The van der Waals surface area contributed by atoms with Gasteiger partial charge >= 0.3 is 6.18 Å². The van der Waals surface area contributed by atoms with Crippen LogP contribution in [0.3, 0.4) is 0 Å². The number of rotatable bonds is 5. The molecule has 0 saturated heterocycles. The van der Waals surface area contributed by atoms with E-state index < -0.39 is 11.7 Å². The number of hydrogen-bond donors (Lipinski definition) is 0. The fourth-order valence-corrected chi connectivity index (χ4v) is 1.91. The van der Waals surface area contributed by atoms with Gasteiger partial charge in [0.05, 0.1) is 5.56 Å². The monoisotopic (exact) mass is 313 g/mol. The first-order valence-corrected chi connectivity index (χ1v) is 6.55. The van der Waals surface area contributed by atoms with Crippen LogP contribution in [0.15, 0.2) is 24.3 Å². The minimum Gasteiger partial charge on any atom is -0.336 e. The van der Waals surface area contributed by atoms with Crippen LogP contribution in [0.4, 0.5) is 13.2 Å². The van der Waals surface area contributed by atoms with E-state index >= 15 is 0 Å². The average Bonchev–Trinajstić information content (AvgIpc) is 2.37. The zero-order chi connectivity index (χ0) is 14.5. The van der Waals surface area contributed by atoms with Gasteiger partial charge in [-0.15, -0.1) is 23.2 Å². The van der Waals surface area contributed by atoms with Gasteiger partial charge in [-0.05, 0) is 24.3 Å². The normalized spacial score (nSPS) is 11.4. The Labute approximate surface area is 119 Å². The second kappa shape index (κ2) is 7.01. The third-order valence-corrected chi connectivity index (χ3v) is 2.79. The number of nitrogens with zero attached hydrogens (tertiary/aromatic N) is 1. The molecule has 0 atom stereocenters. The first kappa shape index (κ1) is 16.1. The molecular weight excluding hydrogens is 302 g/mol. The van der Waals surface area contributed by atoms with Gasteiger partial charge in [-0.1, -0.05) is 0 Å². The topological polar surface area (TPSA) is 20.3 Å². The third kappa shape index (κ3) is 4.58. The Bertz CT molecular complexity index is 414. The van der Waals surface area contributed by atoms with Crippen molar-refractivity contribution in [2.24, 2.45) is 0 Å². The summed E-state index contributed by atoms with van der Waals surface area (Å²) in [5, 5.41) is 0. The molecule has 0 aliphatic rings. The Kier molecular flexibility index (Phi) is 5.94. The van der Waals surface area contributed by atoms with Crippen LogP contribution in [0.1, 0.15) is 15.9 Å². The maximum atomic E-state index is 12.4. The van der Waals surface area contributed by atoms with Crippen LogP contribution in [0.2, 0.25) is 0 Å². The molecule has 0 bridgehead atoms. The molecule has 0 aliphatic carbocycles. The van der Waals surface area contributed by atoms with Crippen molar-refractivity contribution in [3.8, 4) is 0 Å². The highest BCUT2D eigenvalue weighted by Crippen LogP contribution is 2.29. The fraction of sp³-hybridized carbons (Fsp3) is 0.417. The number of alkyl halides is 5. The molecule has 1 aromatic carbocycles. The van der Waals surface area contributed by atoms with Crippen LogP contribution in [0.5, 0.6) is 0 Å². The quantitative estimate of drug-likeness (QED) is 0.760. The maximum absolute atomic E-state index is 12.4. The van der Waals surface area contributed by atoms with Crippen molar-refractivity contribution in [3.63, 3.8) is 0 Å². The van der Waals surface area contributed by atoms with Crippen molar-refractivity contribution in [2.75, 3.05) is 24.8 Å². The van der Waals surface area contributed by atoms with Gasteiger partial charge in [0.25, 0.3) is 5.91 Å². The van der Waals surface area contributed by atoms with Crippen LogP contribution >= 0.6 is 23.2 Å². The number of carbonyl (C=O) groups is 1. The van der Waals surface area contributed by atoms with Gasteiger partial charge in [0.15, 0.2) is 0 Å². The lowest BCUT2D eigenvalue weighted by Crippen LogP contribution is -2.34. The predicted octanol–water partition coefficient (Wildman–Crippen LogP) is 3.63. The van der Waals surface area contributed by atoms with Crippen LogP contribution < -0.4 is 0 Å². The molecular formula is C12H12Cl2F3NO. The maximum Gasteiger partial charge on any atom is 0.416 e. The van der Waals surface area contributed by atoms with E-state index in [1.807, 2.05) is 0 Å². The first-order valence-electron chi connectivity index (χ1n) is 5.48. The predicted molar refractivity (Wildman–Crippen MR) is 68.8 cm³/mol. The molecule has 0 aromatic heterocycles.